The maximum absolute atomic E-state index is 12.9. The Labute approximate surface area is 420 Å². The lowest BCUT2D eigenvalue weighted by molar-refractivity contribution is -0.394. The van der Waals surface area contributed by atoms with E-state index in [9.17, 15) is 56.2 Å². The minimum atomic E-state index is -1.84. The normalized spacial score (nSPS) is 58.8. The van der Waals surface area contributed by atoms with Gasteiger partial charge in [-0.15, -0.1) is 0 Å². The molecule has 11 N–H and O–H groups in total. The van der Waals surface area contributed by atoms with E-state index in [1.807, 2.05) is 0 Å². The molecule has 72 heavy (non-hydrogen) atoms. The topological polar surface area (TPSA) is 315 Å². The molecule has 21 nitrogen and oxygen atoms in total. The first-order valence-electron chi connectivity index (χ1n) is 26.7. The van der Waals surface area contributed by atoms with Gasteiger partial charge >= 0.3 is 0 Å². The number of aliphatic hydroxyl groups is 11. The lowest BCUT2D eigenvalue weighted by Gasteiger charge is -2.60. The van der Waals surface area contributed by atoms with Crippen molar-refractivity contribution >= 4 is 0 Å². The summed E-state index contributed by atoms with van der Waals surface area (Å²) in [6, 6.07) is 0. The number of hydrogen-bond acceptors (Lipinski definition) is 21. The van der Waals surface area contributed by atoms with Crippen LogP contribution in [0.1, 0.15) is 106 Å². The Morgan fingerprint density at radius 2 is 1.19 bits per heavy atom. The molecule has 10 aliphatic rings. The number of allylic oxidation sites excluding steroid dienone is 1. The molecule has 1 spiro atoms. The van der Waals surface area contributed by atoms with E-state index in [1.165, 1.54) is 26.3 Å². The molecule has 3 saturated carbocycles. The number of ether oxygens (including phenoxy) is 10. The molecule has 31 atom stereocenters. The van der Waals surface area contributed by atoms with Gasteiger partial charge in [0.2, 0.25) is 0 Å². The van der Waals surface area contributed by atoms with Crippen molar-refractivity contribution < 1.29 is 104 Å². The molecule has 6 heterocycles. The third kappa shape index (κ3) is 8.63. The van der Waals surface area contributed by atoms with Crippen molar-refractivity contribution in [3.05, 3.63) is 11.6 Å². The molecule has 9 fully saturated rings. The van der Waals surface area contributed by atoms with Crippen LogP contribution in [0.5, 0.6) is 0 Å². The number of hydrogen-bond donors (Lipinski definition) is 11. The van der Waals surface area contributed by atoms with Crippen LogP contribution in [0.15, 0.2) is 11.6 Å². The van der Waals surface area contributed by atoms with E-state index in [4.69, 9.17) is 47.4 Å². The molecule has 0 bridgehead atoms. The van der Waals surface area contributed by atoms with Gasteiger partial charge in [-0.3, -0.25) is 0 Å². The molecule has 4 aliphatic carbocycles. The molecule has 0 aromatic rings. The molecule has 6 aliphatic heterocycles. The van der Waals surface area contributed by atoms with E-state index in [2.05, 4.69) is 33.8 Å². The van der Waals surface area contributed by atoms with Gasteiger partial charge in [0, 0.05) is 17.8 Å². The maximum Gasteiger partial charge on any atom is 0.187 e. The van der Waals surface area contributed by atoms with Gasteiger partial charge in [-0.25, -0.2) is 0 Å². The van der Waals surface area contributed by atoms with Crippen molar-refractivity contribution in [2.24, 2.45) is 40.4 Å². The zero-order valence-corrected chi connectivity index (χ0v) is 42.4. The lowest BCUT2D eigenvalue weighted by atomic mass is 9.46. The van der Waals surface area contributed by atoms with Gasteiger partial charge in [-0.05, 0) is 101 Å². The van der Waals surface area contributed by atoms with Gasteiger partial charge in [-0.2, -0.15) is 0 Å². The van der Waals surface area contributed by atoms with E-state index in [0.717, 1.165) is 44.9 Å². The second-order valence-corrected chi connectivity index (χ2v) is 23.9. The van der Waals surface area contributed by atoms with Crippen molar-refractivity contribution in [1.82, 2.24) is 0 Å². The second-order valence-electron chi connectivity index (χ2n) is 23.9. The molecule has 412 valence electrons. The SMILES string of the molecule is C[C@@H]1CC[C@@]2(OC1)O[C@H]1C[C@H]3[C@@H]4CC=C5C[C@@H](O[C@@H]6O[C@H](CO)[C@@H](O[C@@H]7O[C@@H](C)[C@H](O)[C@@H](O[C@@H]8O[C@@H](C)[C@H](O)[C@@H](O)[C@H]8O)[C@H]7O)[C@H](O)[C@H]6O[C@@H]6O[C@@H](C)[C@H](O)[C@@H](O)[C@H]6O)CC[C@]5(C)[C@H]4CC[C@]3(C)[C@@]1(O)[C@@H]2C. The van der Waals surface area contributed by atoms with Crippen molar-refractivity contribution in [3.8, 4) is 0 Å². The van der Waals surface area contributed by atoms with Gasteiger partial charge in [0.15, 0.2) is 30.9 Å². The molecule has 0 radical (unpaired) electrons. The highest BCUT2D eigenvalue weighted by molar-refractivity contribution is 5.29. The Morgan fingerprint density at radius 3 is 1.81 bits per heavy atom. The predicted octanol–water partition coefficient (Wildman–Crippen LogP) is -0.792. The van der Waals surface area contributed by atoms with Crippen LogP contribution in [-0.4, -0.2) is 216 Å². The summed E-state index contributed by atoms with van der Waals surface area (Å²) >= 11 is 0. The summed E-state index contributed by atoms with van der Waals surface area (Å²) in [5.41, 5.74) is -0.242. The third-order valence-corrected chi connectivity index (χ3v) is 20.0. The van der Waals surface area contributed by atoms with Crippen LogP contribution in [0.25, 0.3) is 0 Å². The minimum absolute atomic E-state index is 0.156. The zero-order chi connectivity index (χ0) is 51.7. The molecule has 0 aromatic carbocycles. The van der Waals surface area contributed by atoms with E-state index in [0.29, 0.717) is 37.2 Å². The molecular formula is C51H82O21. The van der Waals surface area contributed by atoms with Gasteiger partial charge < -0.3 is 104 Å². The van der Waals surface area contributed by atoms with Crippen molar-refractivity contribution in [3.63, 3.8) is 0 Å². The summed E-state index contributed by atoms with van der Waals surface area (Å²) < 4.78 is 62.0. The minimum Gasteiger partial charge on any atom is -0.394 e. The van der Waals surface area contributed by atoms with Gasteiger partial charge in [-0.1, -0.05) is 39.3 Å². The standard InChI is InChI=1S/C51H82O21/c1-20-10-15-50(63-19-20)24(5)51(62)31(72-50)17-29-27-9-8-25-16-26(11-13-48(25,6)28(27)12-14-49(29,51)7)67-47-43(71-45-38(59)36(57)33(54)22(3)65-45)39(60)41(30(18-52)68-47)69-46-40(61)42(34(55)23(4)66-46)70-44-37(58)35(56)32(53)21(2)64-44/h8,20-24,26-47,52-62H,9-19H2,1-7H3/t20-,21+,22+,23+,24-,26+,27-,28+,29+,30-,31+,32+,33+,34+,35-,36-,37-,38-,39+,40-,41-,42-,43-,44+,45+,46+,47-,48+,49+,50-,51-/m1/s1. The third-order valence-electron chi connectivity index (χ3n) is 20.0. The number of rotatable bonds is 9. The average Bonchev–Trinajstić information content (AvgIpc) is 3.71. The van der Waals surface area contributed by atoms with Crippen molar-refractivity contribution in [2.75, 3.05) is 13.2 Å². The summed E-state index contributed by atoms with van der Waals surface area (Å²) in [5, 5.41) is 122. The number of fused-ring (bicyclic) bond motifs is 7. The largest absolute Gasteiger partial charge is 0.394 e. The summed E-state index contributed by atoms with van der Waals surface area (Å²) in [6.45, 7) is 13.2. The maximum atomic E-state index is 12.9. The van der Waals surface area contributed by atoms with Crippen molar-refractivity contribution in [2.45, 2.75) is 253 Å². The Hall–Kier alpha value is -1.10. The molecule has 0 aromatic heterocycles. The first-order chi connectivity index (χ1) is 34.0. The Kier molecular flexibility index (Phi) is 15.1. The fourth-order valence-corrected chi connectivity index (χ4v) is 15.3. The fourth-order valence-electron chi connectivity index (χ4n) is 15.3. The lowest BCUT2D eigenvalue weighted by Crippen LogP contribution is -2.67. The van der Waals surface area contributed by atoms with Crippen LogP contribution < -0.4 is 0 Å². The smallest absolute Gasteiger partial charge is 0.187 e. The molecule has 0 unspecified atom stereocenters. The quantitative estimate of drug-likeness (QED) is 0.126. The summed E-state index contributed by atoms with van der Waals surface area (Å²) in [4.78, 5) is 0. The van der Waals surface area contributed by atoms with Crippen molar-refractivity contribution in [1.29, 1.82) is 0 Å². The van der Waals surface area contributed by atoms with Crippen LogP contribution in [-0.2, 0) is 47.4 Å². The summed E-state index contributed by atoms with van der Waals surface area (Å²) in [5.74, 6) is 0.517. The summed E-state index contributed by atoms with van der Waals surface area (Å²) in [7, 11) is 0. The molecule has 6 saturated heterocycles. The van der Waals surface area contributed by atoms with E-state index in [1.54, 1.807) is 0 Å². The predicted molar refractivity (Wildman–Crippen MR) is 245 cm³/mol. The Bertz CT molecular complexity index is 1940. The van der Waals surface area contributed by atoms with Gasteiger partial charge in [0.1, 0.15) is 85.0 Å². The fraction of sp³-hybridized carbons (Fsp3) is 0.961. The van der Waals surface area contributed by atoms with E-state index in [-0.39, 0.29) is 28.8 Å². The molecule has 0 amide bonds. The van der Waals surface area contributed by atoms with Crippen LogP contribution >= 0.6 is 0 Å². The van der Waals surface area contributed by atoms with Gasteiger partial charge in [0.25, 0.3) is 0 Å². The Balaban J connectivity index is 0.857. The second kappa shape index (κ2) is 20.0. The van der Waals surface area contributed by atoms with Gasteiger partial charge in [0.05, 0.1) is 43.7 Å². The summed E-state index contributed by atoms with van der Waals surface area (Å²) in [6.07, 6.45) is -21.6. The molecular weight excluding hydrogens is 949 g/mol. The first-order valence-corrected chi connectivity index (χ1v) is 26.7. The average molecular weight is 1030 g/mol. The monoisotopic (exact) mass is 1030 g/mol. The number of aliphatic hydroxyl groups excluding tert-OH is 10. The van der Waals surface area contributed by atoms with Crippen LogP contribution in [0.4, 0.5) is 0 Å². The molecule has 21 heteroatoms. The Morgan fingerprint density at radius 1 is 0.597 bits per heavy atom. The highest BCUT2D eigenvalue weighted by Gasteiger charge is 2.76. The van der Waals surface area contributed by atoms with E-state index < -0.39 is 147 Å². The molecule has 10 rings (SSSR count). The highest BCUT2D eigenvalue weighted by atomic mass is 16.8. The van der Waals surface area contributed by atoms with E-state index >= 15 is 0 Å². The van der Waals surface area contributed by atoms with Crippen LogP contribution in [0.3, 0.4) is 0 Å². The highest BCUT2D eigenvalue weighted by Crippen LogP contribution is 2.72. The first kappa shape index (κ1) is 54.3. The van der Waals surface area contributed by atoms with Crippen LogP contribution in [0.2, 0.25) is 0 Å². The van der Waals surface area contributed by atoms with Crippen LogP contribution in [0, 0.1) is 40.4 Å². The zero-order valence-electron chi connectivity index (χ0n) is 42.4.